The molecule has 1 fully saturated rings. The molecule has 1 atom stereocenters. The molecule has 0 aliphatic carbocycles. The molecular formula is C17H22N2O5. The maximum absolute atomic E-state index is 12.2. The quantitative estimate of drug-likeness (QED) is 0.817. The molecule has 24 heavy (non-hydrogen) atoms. The topological polar surface area (TPSA) is 95.9 Å². The number of likely N-dealkylation sites (tertiary alicyclic amines) is 1. The van der Waals surface area contributed by atoms with Crippen molar-refractivity contribution in [3.05, 3.63) is 29.3 Å². The van der Waals surface area contributed by atoms with Crippen molar-refractivity contribution in [2.24, 2.45) is 5.92 Å². The van der Waals surface area contributed by atoms with Crippen LogP contribution in [0.3, 0.4) is 0 Å². The fraction of sp³-hybridized carbons (Fsp3) is 0.471. The molecule has 1 aliphatic heterocycles. The Kier molecular flexibility index (Phi) is 5.43. The van der Waals surface area contributed by atoms with Crippen LogP contribution in [0, 0.1) is 5.92 Å². The maximum atomic E-state index is 12.2. The molecule has 130 valence electrons. The Hall–Kier alpha value is -2.57. The fourth-order valence-electron chi connectivity index (χ4n) is 2.77. The first-order valence-corrected chi connectivity index (χ1v) is 7.80. The smallest absolute Gasteiger partial charge is 0.339 e. The number of carbonyl (C=O) groups is 3. The summed E-state index contributed by atoms with van der Waals surface area (Å²) in [5, 5.41) is 11.9. The highest BCUT2D eigenvalue weighted by atomic mass is 16.5. The highest BCUT2D eigenvalue weighted by Crippen LogP contribution is 2.22. The van der Waals surface area contributed by atoms with Crippen LogP contribution < -0.4 is 10.1 Å². The van der Waals surface area contributed by atoms with Crippen molar-refractivity contribution < 1.29 is 24.2 Å². The zero-order valence-electron chi connectivity index (χ0n) is 14.0. The lowest BCUT2D eigenvalue weighted by Crippen LogP contribution is -2.35. The molecule has 1 saturated heterocycles. The summed E-state index contributed by atoms with van der Waals surface area (Å²) < 4.78 is 5.00. The summed E-state index contributed by atoms with van der Waals surface area (Å²) >= 11 is 0. The van der Waals surface area contributed by atoms with Crippen LogP contribution in [-0.2, 0) is 16.1 Å². The van der Waals surface area contributed by atoms with Crippen molar-refractivity contribution in [1.82, 2.24) is 10.2 Å². The Morgan fingerprint density at radius 2 is 2.12 bits per heavy atom. The van der Waals surface area contributed by atoms with Gasteiger partial charge in [0.05, 0.1) is 13.0 Å². The monoisotopic (exact) mass is 334 g/mol. The highest BCUT2D eigenvalue weighted by Gasteiger charge is 2.35. The van der Waals surface area contributed by atoms with Crippen LogP contribution in [0.5, 0.6) is 5.75 Å². The predicted molar refractivity (Wildman–Crippen MR) is 86.8 cm³/mol. The second-order valence-corrected chi connectivity index (χ2v) is 6.10. The van der Waals surface area contributed by atoms with Crippen molar-refractivity contribution in [3.8, 4) is 5.75 Å². The normalized spacial score (nSPS) is 17.2. The van der Waals surface area contributed by atoms with Gasteiger partial charge in [0.15, 0.2) is 0 Å². The van der Waals surface area contributed by atoms with Gasteiger partial charge in [0.25, 0.3) is 0 Å². The summed E-state index contributed by atoms with van der Waals surface area (Å²) in [7, 11) is 1.40. The minimum Gasteiger partial charge on any atom is -0.496 e. The number of benzene rings is 1. The van der Waals surface area contributed by atoms with E-state index in [0.717, 1.165) is 0 Å². The molecule has 0 bridgehead atoms. The number of hydrogen-bond acceptors (Lipinski definition) is 4. The number of carbonyl (C=O) groups excluding carboxylic acids is 2. The van der Waals surface area contributed by atoms with E-state index in [-0.39, 0.29) is 48.1 Å². The predicted octanol–water partition coefficient (Wildman–Crippen LogP) is 1.27. The molecule has 1 aliphatic rings. The highest BCUT2D eigenvalue weighted by molar-refractivity contribution is 5.91. The summed E-state index contributed by atoms with van der Waals surface area (Å²) in [6, 6.07) is 4.81. The number of ether oxygens (including phenoxy) is 1. The van der Waals surface area contributed by atoms with E-state index in [1.165, 1.54) is 13.2 Å². The van der Waals surface area contributed by atoms with E-state index in [1.807, 2.05) is 13.8 Å². The van der Waals surface area contributed by atoms with Crippen molar-refractivity contribution in [3.63, 3.8) is 0 Å². The number of carboxylic acid groups (broad SMARTS) is 1. The molecular weight excluding hydrogens is 312 g/mol. The minimum absolute atomic E-state index is 0.0113. The van der Waals surface area contributed by atoms with E-state index in [9.17, 15) is 19.5 Å². The van der Waals surface area contributed by atoms with Crippen molar-refractivity contribution in [1.29, 1.82) is 0 Å². The molecule has 2 rings (SSSR count). The van der Waals surface area contributed by atoms with Gasteiger partial charge in [-0.2, -0.15) is 0 Å². The van der Waals surface area contributed by atoms with Crippen LogP contribution in [0.1, 0.15) is 36.2 Å². The number of aromatic carboxylic acids is 1. The lowest BCUT2D eigenvalue weighted by molar-refractivity contribution is -0.130. The second-order valence-electron chi connectivity index (χ2n) is 6.10. The summed E-state index contributed by atoms with van der Waals surface area (Å²) in [5.41, 5.74) is 0.706. The summed E-state index contributed by atoms with van der Waals surface area (Å²) in [6.07, 6.45) is 0.215. The Morgan fingerprint density at radius 1 is 1.42 bits per heavy atom. The Balaban J connectivity index is 1.99. The third-order valence-electron chi connectivity index (χ3n) is 4.11. The average Bonchev–Trinajstić information content (AvgIpc) is 2.94. The molecule has 1 heterocycles. The largest absolute Gasteiger partial charge is 0.496 e. The van der Waals surface area contributed by atoms with E-state index in [2.05, 4.69) is 5.32 Å². The average molecular weight is 334 g/mol. The standard InChI is InChI=1S/C17H22N2O5/c1-10(2)19-9-12(7-15(19)20)16(21)18-8-11-4-5-14(24-3)13(6-11)17(22)23/h4-6,10,12H,7-9H2,1-3H3,(H,18,21)(H,22,23)/t12-/m1/s1. The SMILES string of the molecule is COc1ccc(CNC(=O)[C@@H]2CC(=O)N(C(C)C)C2)cc1C(=O)O. The third kappa shape index (κ3) is 3.84. The van der Waals surface area contributed by atoms with E-state index < -0.39 is 5.97 Å². The van der Waals surface area contributed by atoms with Crippen LogP contribution in [0.2, 0.25) is 0 Å². The van der Waals surface area contributed by atoms with Crippen LogP contribution >= 0.6 is 0 Å². The molecule has 0 saturated carbocycles. The Morgan fingerprint density at radius 3 is 2.67 bits per heavy atom. The second kappa shape index (κ2) is 7.33. The first-order chi connectivity index (χ1) is 11.3. The molecule has 0 spiro atoms. The van der Waals surface area contributed by atoms with Gasteiger partial charge in [-0.05, 0) is 31.5 Å². The first kappa shape index (κ1) is 17.8. The molecule has 0 radical (unpaired) electrons. The Bertz CT molecular complexity index is 656. The minimum atomic E-state index is -1.09. The van der Waals surface area contributed by atoms with Gasteiger partial charge in [0.2, 0.25) is 11.8 Å². The lowest BCUT2D eigenvalue weighted by Gasteiger charge is -2.20. The number of hydrogen-bond donors (Lipinski definition) is 2. The third-order valence-corrected chi connectivity index (χ3v) is 4.11. The van der Waals surface area contributed by atoms with Crippen LogP contribution in [0.4, 0.5) is 0 Å². The molecule has 1 aromatic carbocycles. The van der Waals surface area contributed by atoms with E-state index in [4.69, 9.17) is 4.74 Å². The molecule has 7 heteroatoms. The zero-order chi connectivity index (χ0) is 17.9. The number of nitrogens with zero attached hydrogens (tertiary/aromatic N) is 1. The number of carboxylic acids is 1. The van der Waals surface area contributed by atoms with Gasteiger partial charge in [-0.3, -0.25) is 9.59 Å². The van der Waals surface area contributed by atoms with Gasteiger partial charge in [-0.25, -0.2) is 4.79 Å². The van der Waals surface area contributed by atoms with E-state index >= 15 is 0 Å². The maximum Gasteiger partial charge on any atom is 0.339 e. The molecule has 2 N–H and O–H groups in total. The number of methoxy groups -OCH3 is 1. The number of amides is 2. The summed E-state index contributed by atoms with van der Waals surface area (Å²) in [5.74, 6) is -1.39. The van der Waals surface area contributed by atoms with Crippen molar-refractivity contribution >= 4 is 17.8 Å². The number of rotatable bonds is 6. The van der Waals surface area contributed by atoms with Crippen molar-refractivity contribution in [2.45, 2.75) is 32.9 Å². The van der Waals surface area contributed by atoms with Gasteiger partial charge in [0, 0.05) is 25.6 Å². The van der Waals surface area contributed by atoms with Gasteiger partial charge in [0.1, 0.15) is 11.3 Å². The van der Waals surface area contributed by atoms with Gasteiger partial charge in [-0.15, -0.1) is 0 Å². The molecule has 0 aromatic heterocycles. The molecule has 2 amide bonds. The van der Waals surface area contributed by atoms with Crippen LogP contribution in [0.25, 0.3) is 0 Å². The number of nitrogens with one attached hydrogen (secondary N) is 1. The van der Waals surface area contributed by atoms with Crippen molar-refractivity contribution in [2.75, 3.05) is 13.7 Å². The van der Waals surface area contributed by atoms with Crippen LogP contribution in [0.15, 0.2) is 18.2 Å². The fourth-order valence-corrected chi connectivity index (χ4v) is 2.77. The summed E-state index contributed by atoms with van der Waals surface area (Å²) in [4.78, 5) is 37.0. The molecule has 0 unspecified atom stereocenters. The zero-order valence-corrected chi connectivity index (χ0v) is 14.0. The molecule has 7 nitrogen and oxygen atoms in total. The lowest BCUT2D eigenvalue weighted by atomic mass is 10.1. The van der Waals surface area contributed by atoms with Crippen LogP contribution in [-0.4, -0.2) is 47.5 Å². The van der Waals surface area contributed by atoms with E-state index in [1.54, 1.807) is 17.0 Å². The van der Waals surface area contributed by atoms with E-state index in [0.29, 0.717) is 12.1 Å². The first-order valence-electron chi connectivity index (χ1n) is 7.80. The molecule has 1 aromatic rings. The van der Waals surface area contributed by atoms with Gasteiger partial charge in [-0.1, -0.05) is 6.07 Å². The van der Waals surface area contributed by atoms with Gasteiger partial charge < -0.3 is 20.1 Å². The van der Waals surface area contributed by atoms with Gasteiger partial charge >= 0.3 is 5.97 Å². The Labute approximate surface area is 140 Å². The summed E-state index contributed by atoms with van der Waals surface area (Å²) in [6.45, 7) is 4.47.